The summed E-state index contributed by atoms with van der Waals surface area (Å²) in [6, 6.07) is 1.63. The Kier molecular flexibility index (Phi) is 2.52. The van der Waals surface area contributed by atoms with E-state index < -0.39 is 6.43 Å². The van der Waals surface area contributed by atoms with Crippen molar-refractivity contribution in [2.24, 2.45) is 0 Å². The van der Waals surface area contributed by atoms with Gasteiger partial charge in [0.2, 0.25) is 0 Å². The van der Waals surface area contributed by atoms with E-state index in [2.05, 4.69) is 4.98 Å². The third kappa shape index (κ3) is 1.73. The zero-order chi connectivity index (χ0) is 8.27. The van der Waals surface area contributed by atoms with Crippen LogP contribution < -0.4 is 0 Å². The monoisotopic (exact) mass is 157 g/mol. The summed E-state index contributed by atoms with van der Waals surface area (Å²) in [7, 11) is 0. The van der Waals surface area contributed by atoms with Gasteiger partial charge in [0.15, 0.2) is 0 Å². The minimum Gasteiger partial charge on any atom is -0.264 e. The second-order valence-corrected chi connectivity index (χ2v) is 2.23. The number of rotatable bonds is 2. The normalized spacial score (nSPS) is 10.5. The zero-order valence-electron chi connectivity index (χ0n) is 6.22. The lowest BCUT2D eigenvalue weighted by Crippen LogP contribution is -1.93. The average molecular weight is 157 g/mol. The Bertz CT molecular complexity index is 235. The van der Waals surface area contributed by atoms with Crippen LogP contribution in [0.1, 0.15) is 24.5 Å². The molecule has 0 fully saturated rings. The number of alkyl halides is 2. The fraction of sp³-hybridized carbons (Fsp3) is 0.375. The molecule has 0 atom stereocenters. The highest BCUT2D eigenvalue weighted by Gasteiger charge is 2.10. The summed E-state index contributed by atoms with van der Waals surface area (Å²) in [6.07, 6.45) is 0.981. The molecule has 1 rings (SSSR count). The highest BCUT2D eigenvalue weighted by atomic mass is 19.3. The molecule has 0 unspecified atom stereocenters. The van der Waals surface area contributed by atoms with Gasteiger partial charge in [0.25, 0.3) is 6.43 Å². The smallest absolute Gasteiger partial charge is 0.264 e. The first-order valence-electron chi connectivity index (χ1n) is 3.46. The Morgan fingerprint density at radius 1 is 1.55 bits per heavy atom. The van der Waals surface area contributed by atoms with Crippen LogP contribution in [-0.2, 0) is 6.42 Å². The van der Waals surface area contributed by atoms with E-state index >= 15 is 0 Å². The Hall–Kier alpha value is -0.990. The zero-order valence-corrected chi connectivity index (χ0v) is 6.22. The van der Waals surface area contributed by atoms with Crippen molar-refractivity contribution in [3.63, 3.8) is 0 Å². The molecule has 0 aliphatic rings. The average Bonchev–Trinajstić information content (AvgIpc) is 2.04. The molecule has 0 aliphatic carbocycles. The number of aryl methyl sites for hydroxylation is 1. The lowest BCUT2D eigenvalue weighted by molar-refractivity contribution is 0.150. The first kappa shape index (κ1) is 8.11. The number of pyridine rings is 1. The van der Waals surface area contributed by atoms with Gasteiger partial charge in [-0.3, -0.25) is 4.98 Å². The second-order valence-electron chi connectivity index (χ2n) is 2.23. The number of hydrogen-bond donors (Lipinski definition) is 0. The minimum absolute atomic E-state index is 0.0509. The molecule has 3 heteroatoms. The largest absolute Gasteiger partial charge is 0.265 e. The van der Waals surface area contributed by atoms with Crippen molar-refractivity contribution in [2.75, 3.05) is 0 Å². The van der Waals surface area contributed by atoms with Gasteiger partial charge in [-0.1, -0.05) is 6.92 Å². The van der Waals surface area contributed by atoms with Gasteiger partial charge in [-0.25, -0.2) is 8.78 Å². The summed E-state index contributed by atoms with van der Waals surface area (Å²) >= 11 is 0. The Labute approximate surface area is 64.1 Å². The minimum atomic E-state index is -2.40. The van der Waals surface area contributed by atoms with E-state index in [0.29, 0.717) is 12.0 Å². The Balaban J connectivity index is 3.02. The molecule has 0 aromatic carbocycles. The van der Waals surface area contributed by atoms with Gasteiger partial charge < -0.3 is 0 Å². The van der Waals surface area contributed by atoms with Gasteiger partial charge in [-0.15, -0.1) is 0 Å². The molecule has 1 nitrogen and oxygen atoms in total. The van der Waals surface area contributed by atoms with Gasteiger partial charge in [-0.2, -0.15) is 0 Å². The lowest BCUT2D eigenvalue weighted by Gasteiger charge is -2.03. The maximum Gasteiger partial charge on any atom is 0.265 e. The molecule has 0 spiro atoms. The molecule has 11 heavy (non-hydrogen) atoms. The van der Waals surface area contributed by atoms with Crippen molar-refractivity contribution in [2.45, 2.75) is 19.8 Å². The summed E-state index contributed by atoms with van der Waals surface area (Å²) in [5.74, 6) is 0. The van der Waals surface area contributed by atoms with E-state index in [-0.39, 0.29) is 5.56 Å². The van der Waals surface area contributed by atoms with E-state index in [9.17, 15) is 8.78 Å². The molecule has 0 bridgehead atoms. The summed E-state index contributed by atoms with van der Waals surface area (Å²) in [4.78, 5) is 3.63. The maximum atomic E-state index is 12.2. The van der Waals surface area contributed by atoms with E-state index in [1.54, 1.807) is 6.07 Å². The van der Waals surface area contributed by atoms with E-state index in [1.807, 2.05) is 6.92 Å². The van der Waals surface area contributed by atoms with Crippen molar-refractivity contribution in [3.05, 3.63) is 29.6 Å². The van der Waals surface area contributed by atoms with Crippen LogP contribution in [0.4, 0.5) is 8.78 Å². The van der Waals surface area contributed by atoms with Crippen LogP contribution in [0.25, 0.3) is 0 Å². The van der Waals surface area contributed by atoms with Gasteiger partial charge in [0, 0.05) is 18.0 Å². The number of hydrogen-bond acceptors (Lipinski definition) is 1. The first-order valence-corrected chi connectivity index (χ1v) is 3.46. The van der Waals surface area contributed by atoms with Crippen LogP contribution in [0, 0.1) is 0 Å². The molecule has 1 aromatic rings. The summed E-state index contributed by atoms with van der Waals surface area (Å²) in [6.45, 7) is 1.85. The summed E-state index contributed by atoms with van der Waals surface area (Å²) in [5.41, 5.74) is 0.727. The van der Waals surface area contributed by atoms with Crippen molar-refractivity contribution in [3.8, 4) is 0 Å². The number of nitrogens with zero attached hydrogens (tertiary/aromatic N) is 1. The molecule has 1 heterocycles. The van der Waals surface area contributed by atoms with Crippen LogP contribution in [-0.4, -0.2) is 4.98 Å². The van der Waals surface area contributed by atoms with Crippen LogP contribution in [0.3, 0.4) is 0 Å². The molecule has 60 valence electrons. The van der Waals surface area contributed by atoms with E-state index in [0.717, 1.165) is 0 Å². The molecule has 0 radical (unpaired) electrons. The number of aromatic nitrogens is 1. The Morgan fingerprint density at radius 3 is 2.73 bits per heavy atom. The van der Waals surface area contributed by atoms with Crippen LogP contribution >= 0.6 is 0 Å². The highest BCUT2D eigenvalue weighted by molar-refractivity contribution is 5.23. The van der Waals surface area contributed by atoms with Crippen molar-refractivity contribution >= 4 is 0 Å². The van der Waals surface area contributed by atoms with Crippen LogP contribution in [0.2, 0.25) is 0 Å². The quantitative estimate of drug-likeness (QED) is 0.643. The highest BCUT2D eigenvalue weighted by Crippen LogP contribution is 2.21. The van der Waals surface area contributed by atoms with Gasteiger partial charge in [0.1, 0.15) is 0 Å². The molecular formula is C8H9F2N. The molecule has 0 aliphatic heterocycles. The van der Waals surface area contributed by atoms with Gasteiger partial charge >= 0.3 is 0 Å². The van der Waals surface area contributed by atoms with Gasteiger partial charge in [0.05, 0.1) is 0 Å². The molecule has 0 N–H and O–H groups in total. The Morgan fingerprint density at radius 2 is 2.27 bits per heavy atom. The van der Waals surface area contributed by atoms with E-state index in [4.69, 9.17) is 0 Å². The van der Waals surface area contributed by atoms with Crippen LogP contribution in [0.5, 0.6) is 0 Å². The third-order valence-corrected chi connectivity index (χ3v) is 1.56. The van der Waals surface area contributed by atoms with Crippen molar-refractivity contribution in [1.29, 1.82) is 0 Å². The fourth-order valence-electron chi connectivity index (χ4n) is 0.954. The molecule has 0 saturated heterocycles. The van der Waals surface area contributed by atoms with Crippen molar-refractivity contribution in [1.82, 2.24) is 4.98 Å². The van der Waals surface area contributed by atoms with E-state index in [1.165, 1.54) is 12.4 Å². The lowest BCUT2D eigenvalue weighted by atomic mass is 10.1. The van der Waals surface area contributed by atoms with Crippen LogP contribution in [0.15, 0.2) is 18.5 Å². The molecule has 0 saturated carbocycles. The molecule has 1 aromatic heterocycles. The predicted octanol–water partition coefficient (Wildman–Crippen LogP) is 2.58. The summed E-state index contributed by atoms with van der Waals surface area (Å²) in [5, 5.41) is 0. The predicted molar refractivity (Wildman–Crippen MR) is 38.6 cm³/mol. The SMILES string of the molecule is CCc1ccncc1C(F)F. The summed E-state index contributed by atoms with van der Waals surface area (Å²) < 4.78 is 24.3. The number of halogens is 2. The standard InChI is InChI=1S/C8H9F2N/c1-2-6-3-4-11-5-7(6)8(9)10/h3-5,8H,2H2,1H3. The second kappa shape index (κ2) is 3.42. The molecule has 0 amide bonds. The topological polar surface area (TPSA) is 12.9 Å². The maximum absolute atomic E-state index is 12.2. The first-order chi connectivity index (χ1) is 5.25. The molecular weight excluding hydrogens is 148 g/mol. The van der Waals surface area contributed by atoms with Crippen molar-refractivity contribution < 1.29 is 8.78 Å². The fourth-order valence-corrected chi connectivity index (χ4v) is 0.954. The van der Waals surface area contributed by atoms with Gasteiger partial charge in [-0.05, 0) is 18.1 Å². The third-order valence-electron chi connectivity index (χ3n) is 1.56.